The summed E-state index contributed by atoms with van der Waals surface area (Å²) in [6.45, 7) is 1.58. The molecule has 3 heterocycles. The molecule has 0 aliphatic carbocycles. The summed E-state index contributed by atoms with van der Waals surface area (Å²) in [5.74, 6) is -0.282. The molecule has 2 N–H and O–H groups in total. The van der Waals surface area contributed by atoms with Crippen molar-refractivity contribution in [2.45, 2.75) is 19.4 Å². The van der Waals surface area contributed by atoms with E-state index < -0.39 is 0 Å². The summed E-state index contributed by atoms with van der Waals surface area (Å²) in [7, 11) is 0. The molecule has 0 saturated carbocycles. The number of hydrogen-bond acceptors (Lipinski definition) is 3. The SMILES string of the molecule is O=C(NCc1ccncc1)C1CC(=O)N(CCc2c[nH]c3ccccc23)C1. The molecule has 2 aromatic heterocycles. The summed E-state index contributed by atoms with van der Waals surface area (Å²) < 4.78 is 0. The summed E-state index contributed by atoms with van der Waals surface area (Å²) >= 11 is 0. The lowest BCUT2D eigenvalue weighted by atomic mass is 10.1. The van der Waals surface area contributed by atoms with Crippen LogP contribution in [0, 0.1) is 5.92 Å². The first kappa shape index (κ1) is 17.3. The third kappa shape index (κ3) is 3.84. The molecule has 1 fully saturated rings. The van der Waals surface area contributed by atoms with E-state index in [0.717, 1.165) is 17.5 Å². The second-order valence-electron chi connectivity index (χ2n) is 6.92. The largest absolute Gasteiger partial charge is 0.361 e. The number of hydrogen-bond donors (Lipinski definition) is 2. The first-order chi connectivity index (χ1) is 13.2. The zero-order valence-electron chi connectivity index (χ0n) is 15.0. The fourth-order valence-electron chi connectivity index (χ4n) is 3.59. The van der Waals surface area contributed by atoms with Crippen molar-refractivity contribution in [3.63, 3.8) is 0 Å². The number of aromatic amines is 1. The van der Waals surface area contributed by atoms with Crippen molar-refractivity contribution in [1.82, 2.24) is 20.2 Å². The second-order valence-corrected chi connectivity index (χ2v) is 6.92. The first-order valence-electron chi connectivity index (χ1n) is 9.20. The van der Waals surface area contributed by atoms with E-state index in [2.05, 4.69) is 21.4 Å². The Labute approximate surface area is 157 Å². The van der Waals surface area contributed by atoms with E-state index in [1.54, 1.807) is 17.3 Å². The van der Waals surface area contributed by atoms with Crippen LogP contribution in [0.2, 0.25) is 0 Å². The highest BCUT2D eigenvalue weighted by Crippen LogP contribution is 2.21. The number of rotatable bonds is 6. The predicted molar refractivity (Wildman–Crippen MR) is 103 cm³/mol. The molecule has 1 atom stereocenters. The lowest BCUT2D eigenvalue weighted by Gasteiger charge is -2.16. The molecule has 1 aliphatic rings. The van der Waals surface area contributed by atoms with Crippen LogP contribution < -0.4 is 5.32 Å². The van der Waals surface area contributed by atoms with Gasteiger partial charge in [-0.15, -0.1) is 0 Å². The number of pyridine rings is 1. The Morgan fingerprint density at radius 3 is 2.89 bits per heavy atom. The number of likely N-dealkylation sites (tertiary alicyclic amines) is 1. The molecule has 1 saturated heterocycles. The molecule has 0 radical (unpaired) electrons. The predicted octanol–water partition coefficient (Wildman–Crippen LogP) is 2.27. The van der Waals surface area contributed by atoms with Gasteiger partial charge in [0, 0.05) is 55.5 Å². The van der Waals surface area contributed by atoms with Crippen LogP contribution in [0.1, 0.15) is 17.5 Å². The third-order valence-corrected chi connectivity index (χ3v) is 5.13. The topological polar surface area (TPSA) is 78.1 Å². The Morgan fingerprint density at radius 1 is 1.22 bits per heavy atom. The van der Waals surface area contributed by atoms with Gasteiger partial charge in [0.25, 0.3) is 0 Å². The summed E-state index contributed by atoms with van der Waals surface area (Å²) in [4.78, 5) is 33.8. The highest BCUT2D eigenvalue weighted by Gasteiger charge is 2.33. The van der Waals surface area contributed by atoms with Crippen LogP contribution in [0.3, 0.4) is 0 Å². The lowest BCUT2D eigenvalue weighted by molar-refractivity contribution is -0.129. The monoisotopic (exact) mass is 362 g/mol. The van der Waals surface area contributed by atoms with Gasteiger partial charge in [-0.2, -0.15) is 0 Å². The number of carbonyl (C=O) groups excluding carboxylic acids is 2. The Morgan fingerprint density at radius 2 is 2.04 bits per heavy atom. The molecule has 1 aliphatic heterocycles. The molecule has 4 rings (SSSR count). The summed E-state index contributed by atoms with van der Waals surface area (Å²) in [6.07, 6.45) is 6.47. The van der Waals surface area contributed by atoms with E-state index in [4.69, 9.17) is 0 Å². The van der Waals surface area contributed by atoms with E-state index in [1.807, 2.05) is 36.5 Å². The molecule has 6 nitrogen and oxygen atoms in total. The molecule has 1 aromatic carbocycles. The number of amides is 2. The maximum Gasteiger partial charge on any atom is 0.225 e. The Hall–Kier alpha value is -3.15. The number of fused-ring (bicyclic) bond motifs is 1. The van der Waals surface area contributed by atoms with Gasteiger partial charge in [-0.1, -0.05) is 18.2 Å². The van der Waals surface area contributed by atoms with E-state index in [0.29, 0.717) is 19.6 Å². The van der Waals surface area contributed by atoms with Crippen LogP contribution in [0.15, 0.2) is 55.0 Å². The summed E-state index contributed by atoms with van der Waals surface area (Å²) in [6, 6.07) is 11.9. The van der Waals surface area contributed by atoms with E-state index in [-0.39, 0.29) is 24.2 Å². The van der Waals surface area contributed by atoms with Gasteiger partial charge in [-0.3, -0.25) is 14.6 Å². The molecule has 27 heavy (non-hydrogen) atoms. The van der Waals surface area contributed by atoms with Gasteiger partial charge in [0.05, 0.1) is 5.92 Å². The molecule has 2 amide bonds. The number of nitrogens with zero attached hydrogens (tertiary/aromatic N) is 2. The van der Waals surface area contributed by atoms with Crippen molar-refractivity contribution in [2.75, 3.05) is 13.1 Å². The van der Waals surface area contributed by atoms with Gasteiger partial charge in [0.1, 0.15) is 0 Å². The molecule has 1 unspecified atom stereocenters. The molecule has 138 valence electrons. The Balaban J connectivity index is 1.31. The Kier molecular flexibility index (Phi) is 4.87. The van der Waals surface area contributed by atoms with Gasteiger partial charge >= 0.3 is 0 Å². The molecular formula is C21H22N4O2. The smallest absolute Gasteiger partial charge is 0.225 e. The summed E-state index contributed by atoms with van der Waals surface area (Å²) in [5.41, 5.74) is 3.30. The average molecular weight is 362 g/mol. The van der Waals surface area contributed by atoms with Crippen LogP contribution in [-0.2, 0) is 22.6 Å². The van der Waals surface area contributed by atoms with E-state index in [9.17, 15) is 9.59 Å². The van der Waals surface area contributed by atoms with Crippen molar-refractivity contribution in [3.05, 3.63) is 66.1 Å². The Bertz CT molecular complexity index is 951. The molecule has 0 bridgehead atoms. The normalized spacial score (nSPS) is 16.8. The maximum atomic E-state index is 12.4. The van der Waals surface area contributed by atoms with Gasteiger partial charge in [0.2, 0.25) is 11.8 Å². The van der Waals surface area contributed by atoms with Crippen molar-refractivity contribution in [2.24, 2.45) is 5.92 Å². The maximum absolute atomic E-state index is 12.4. The zero-order valence-corrected chi connectivity index (χ0v) is 15.0. The minimum atomic E-state index is -0.276. The number of carbonyl (C=O) groups is 2. The number of benzene rings is 1. The number of H-pyrrole nitrogens is 1. The molecule has 3 aromatic rings. The standard InChI is InChI=1S/C21H22N4O2/c26-20-11-17(21(27)24-12-15-5-8-22-9-6-15)14-25(20)10-7-16-13-23-19-4-2-1-3-18(16)19/h1-6,8-9,13,17,23H,7,10-12,14H2,(H,24,27). The highest BCUT2D eigenvalue weighted by molar-refractivity contribution is 5.89. The zero-order chi connectivity index (χ0) is 18.6. The third-order valence-electron chi connectivity index (χ3n) is 5.13. The van der Waals surface area contributed by atoms with Crippen molar-refractivity contribution in [3.8, 4) is 0 Å². The second kappa shape index (κ2) is 7.61. The van der Waals surface area contributed by atoms with Crippen LogP contribution in [0.5, 0.6) is 0 Å². The van der Waals surface area contributed by atoms with Crippen LogP contribution in [0.25, 0.3) is 10.9 Å². The number of nitrogens with one attached hydrogen (secondary N) is 2. The molecular weight excluding hydrogens is 340 g/mol. The van der Waals surface area contributed by atoms with Crippen molar-refractivity contribution in [1.29, 1.82) is 0 Å². The summed E-state index contributed by atoms with van der Waals surface area (Å²) in [5, 5.41) is 4.12. The quantitative estimate of drug-likeness (QED) is 0.706. The lowest BCUT2D eigenvalue weighted by Crippen LogP contribution is -2.33. The van der Waals surface area contributed by atoms with Gasteiger partial charge in [-0.25, -0.2) is 0 Å². The van der Waals surface area contributed by atoms with Crippen LogP contribution in [0.4, 0.5) is 0 Å². The average Bonchev–Trinajstić information content (AvgIpc) is 3.29. The molecule has 0 spiro atoms. The van der Waals surface area contributed by atoms with Gasteiger partial charge < -0.3 is 15.2 Å². The van der Waals surface area contributed by atoms with Crippen LogP contribution >= 0.6 is 0 Å². The molecule has 6 heteroatoms. The fraction of sp³-hybridized carbons (Fsp3) is 0.286. The van der Waals surface area contributed by atoms with Crippen molar-refractivity contribution < 1.29 is 9.59 Å². The fourth-order valence-corrected chi connectivity index (χ4v) is 3.59. The van der Waals surface area contributed by atoms with Gasteiger partial charge in [0.15, 0.2) is 0 Å². The van der Waals surface area contributed by atoms with E-state index in [1.165, 1.54) is 10.9 Å². The highest BCUT2D eigenvalue weighted by atomic mass is 16.2. The number of aromatic nitrogens is 2. The minimum absolute atomic E-state index is 0.0545. The minimum Gasteiger partial charge on any atom is -0.361 e. The van der Waals surface area contributed by atoms with Crippen molar-refractivity contribution >= 4 is 22.7 Å². The van der Waals surface area contributed by atoms with Crippen LogP contribution in [-0.4, -0.2) is 39.8 Å². The van der Waals surface area contributed by atoms with Gasteiger partial charge in [-0.05, 0) is 35.7 Å². The first-order valence-corrected chi connectivity index (χ1v) is 9.20. The number of para-hydroxylation sites is 1. The van der Waals surface area contributed by atoms with E-state index >= 15 is 0 Å².